The molecule has 0 saturated carbocycles. The highest BCUT2D eigenvalue weighted by molar-refractivity contribution is 5.98. The fraction of sp³-hybridized carbons (Fsp3) is 0.405. The van der Waals surface area contributed by atoms with E-state index in [9.17, 15) is 9.59 Å². The van der Waals surface area contributed by atoms with Crippen LogP contribution < -0.4 is 18.9 Å². The summed E-state index contributed by atoms with van der Waals surface area (Å²) in [6.45, 7) is 4.26. The predicted octanol–water partition coefficient (Wildman–Crippen LogP) is 6.72. The van der Waals surface area contributed by atoms with E-state index >= 15 is 0 Å². The van der Waals surface area contributed by atoms with Gasteiger partial charge in [0.2, 0.25) is 11.5 Å². The number of hydrogen-bond acceptors (Lipinski definition) is 10. The Balaban J connectivity index is 1.09. The van der Waals surface area contributed by atoms with E-state index in [0.29, 0.717) is 54.9 Å². The Bertz CT molecular complexity index is 1960. The summed E-state index contributed by atoms with van der Waals surface area (Å²) in [5.74, 6) is 3.20. The van der Waals surface area contributed by atoms with Gasteiger partial charge in [0.25, 0.3) is 5.91 Å². The maximum absolute atomic E-state index is 14.0. The van der Waals surface area contributed by atoms with Crippen LogP contribution >= 0.6 is 0 Å². The van der Waals surface area contributed by atoms with E-state index in [4.69, 9.17) is 33.1 Å². The number of hydrogen-bond donors (Lipinski definition) is 0. The van der Waals surface area contributed by atoms with E-state index in [1.165, 1.54) is 21.3 Å². The zero-order chi connectivity index (χ0) is 38.0. The minimum Gasteiger partial charge on any atom is -0.497 e. The lowest BCUT2D eigenvalue weighted by Crippen LogP contribution is -2.39. The van der Waals surface area contributed by atoms with E-state index in [-0.39, 0.29) is 23.5 Å². The average Bonchev–Trinajstić information content (AvgIpc) is 3.88. The van der Waals surface area contributed by atoms with Crippen molar-refractivity contribution in [2.75, 3.05) is 68.3 Å². The Morgan fingerprint density at radius 1 is 0.889 bits per heavy atom. The molecule has 3 heterocycles. The first-order valence-corrected chi connectivity index (χ1v) is 18.3. The molecule has 1 fully saturated rings. The number of likely N-dealkylation sites (tertiary alicyclic amines) is 1. The third-order valence-corrected chi connectivity index (χ3v) is 10.3. The first-order chi connectivity index (χ1) is 26.3. The van der Waals surface area contributed by atoms with E-state index in [0.717, 1.165) is 67.0 Å². The molecule has 1 saturated heterocycles. The number of furan rings is 1. The molecular weight excluding hydrogens is 688 g/mol. The van der Waals surface area contributed by atoms with Crippen molar-refractivity contribution >= 4 is 22.7 Å². The summed E-state index contributed by atoms with van der Waals surface area (Å²) < 4.78 is 35.1. The molecule has 0 bridgehead atoms. The van der Waals surface area contributed by atoms with E-state index in [1.807, 2.05) is 60.1 Å². The number of aromatic nitrogens is 2. The van der Waals surface area contributed by atoms with Gasteiger partial charge < -0.3 is 42.5 Å². The van der Waals surface area contributed by atoms with Crippen LogP contribution in [0.5, 0.6) is 23.0 Å². The van der Waals surface area contributed by atoms with Crippen LogP contribution in [0.4, 0.5) is 0 Å². The van der Waals surface area contributed by atoms with Crippen molar-refractivity contribution in [1.82, 2.24) is 19.4 Å². The maximum Gasteiger partial charge on any atom is 0.253 e. The summed E-state index contributed by atoms with van der Waals surface area (Å²) in [4.78, 5) is 36.7. The van der Waals surface area contributed by atoms with Gasteiger partial charge >= 0.3 is 0 Å². The average molecular weight is 739 g/mol. The number of Topliss-reactive ketones (excluding diaryl/α,β-unsaturated/α-hetero) is 1. The molecule has 1 aliphatic rings. The molecule has 1 unspecified atom stereocenters. The normalized spacial score (nSPS) is 14.2. The molecule has 12 nitrogen and oxygen atoms in total. The Kier molecular flexibility index (Phi) is 12.9. The largest absolute Gasteiger partial charge is 0.497 e. The van der Waals surface area contributed by atoms with Crippen LogP contribution in [0.15, 0.2) is 83.5 Å². The van der Waals surface area contributed by atoms with Gasteiger partial charge in [0.05, 0.1) is 52.3 Å². The molecule has 2 aromatic heterocycles. The van der Waals surface area contributed by atoms with Crippen LogP contribution in [0.3, 0.4) is 0 Å². The monoisotopic (exact) mass is 738 g/mol. The van der Waals surface area contributed by atoms with E-state index < -0.39 is 0 Å². The number of likely N-dealkylation sites (N-methyl/N-ethyl adjacent to an activating group) is 1. The molecule has 5 aromatic rings. The topological polar surface area (TPSA) is 118 Å². The van der Waals surface area contributed by atoms with Gasteiger partial charge in [0, 0.05) is 37.5 Å². The number of benzene rings is 3. The first kappa shape index (κ1) is 38.4. The summed E-state index contributed by atoms with van der Waals surface area (Å²) in [5.41, 5.74) is 3.31. The molecule has 286 valence electrons. The van der Waals surface area contributed by atoms with Crippen molar-refractivity contribution < 1.29 is 37.7 Å². The third-order valence-electron chi connectivity index (χ3n) is 10.3. The predicted molar refractivity (Wildman–Crippen MR) is 205 cm³/mol. The molecule has 0 N–H and O–H groups in total. The quantitative estimate of drug-likeness (QED) is 0.0709. The number of amides is 1. The molecular formula is C42H50N4O8. The van der Waals surface area contributed by atoms with Crippen molar-refractivity contribution in [2.24, 2.45) is 5.92 Å². The minimum absolute atomic E-state index is 0.0566. The molecule has 6 rings (SSSR count). The number of rotatable bonds is 18. The number of imidazole rings is 1. The SMILES string of the molecule is COc1ccc(C(CCN2CCC(C(=O)c3nc4ccccc4n3CCOCc3ccco3)CC2)CN(C)C(=O)c2cc(OC)c(OC)c(OC)c2)cc1. The van der Waals surface area contributed by atoms with Crippen molar-refractivity contribution in [3.63, 3.8) is 0 Å². The number of ether oxygens (including phenoxy) is 5. The summed E-state index contributed by atoms with van der Waals surface area (Å²) in [5, 5.41) is 0. The molecule has 0 aliphatic carbocycles. The zero-order valence-corrected chi connectivity index (χ0v) is 31.8. The number of para-hydroxylation sites is 2. The van der Waals surface area contributed by atoms with E-state index in [2.05, 4.69) is 17.0 Å². The van der Waals surface area contributed by atoms with Gasteiger partial charge in [-0.3, -0.25) is 9.59 Å². The Morgan fingerprint density at radius 2 is 1.61 bits per heavy atom. The zero-order valence-electron chi connectivity index (χ0n) is 31.8. The Morgan fingerprint density at radius 3 is 2.26 bits per heavy atom. The maximum atomic E-state index is 14.0. The van der Waals surface area contributed by atoms with Crippen molar-refractivity contribution in [1.29, 1.82) is 0 Å². The molecule has 1 aliphatic heterocycles. The van der Waals surface area contributed by atoms with Gasteiger partial charge in [0.1, 0.15) is 18.1 Å². The second-order valence-corrected chi connectivity index (χ2v) is 13.5. The van der Waals surface area contributed by atoms with Crippen LogP contribution in [0.2, 0.25) is 0 Å². The highest BCUT2D eigenvalue weighted by Crippen LogP contribution is 2.38. The lowest BCUT2D eigenvalue weighted by Gasteiger charge is -2.33. The van der Waals surface area contributed by atoms with E-state index in [1.54, 1.807) is 30.4 Å². The molecule has 0 radical (unpaired) electrons. The highest BCUT2D eigenvalue weighted by Gasteiger charge is 2.30. The first-order valence-electron chi connectivity index (χ1n) is 18.3. The van der Waals surface area contributed by atoms with Crippen LogP contribution in [-0.4, -0.2) is 99.3 Å². The number of ketones is 1. The summed E-state index contributed by atoms with van der Waals surface area (Å²) in [6, 6.07) is 23.0. The molecule has 3 aromatic carbocycles. The smallest absolute Gasteiger partial charge is 0.253 e. The number of nitrogens with zero attached hydrogens (tertiary/aromatic N) is 4. The second-order valence-electron chi connectivity index (χ2n) is 13.5. The standard InChI is InChI=1S/C42H50N4O8/c1-44(42(48)32-25-37(50-3)40(52-5)38(26-32)51-4)27-31(29-12-14-33(49-2)15-13-29)18-21-45-19-16-30(17-20-45)39(47)41-43-35-10-6-7-11-36(35)46(41)22-24-53-28-34-9-8-23-54-34/h6-15,23,25-26,30-31H,16-22,24,27-28H2,1-5H3. The summed E-state index contributed by atoms with van der Waals surface area (Å²) in [6.07, 6.45) is 3.96. The summed E-state index contributed by atoms with van der Waals surface area (Å²) in [7, 11) is 8.07. The van der Waals surface area contributed by atoms with Crippen molar-refractivity contribution in [3.8, 4) is 23.0 Å². The van der Waals surface area contributed by atoms with Gasteiger partial charge in [-0.05, 0) is 93.0 Å². The van der Waals surface area contributed by atoms with Gasteiger partial charge in [-0.15, -0.1) is 0 Å². The van der Waals surface area contributed by atoms with Crippen LogP contribution in [-0.2, 0) is 17.9 Å². The number of carbonyl (C=O) groups excluding carboxylic acids is 2. The third kappa shape index (κ3) is 8.88. The number of methoxy groups -OCH3 is 4. The summed E-state index contributed by atoms with van der Waals surface area (Å²) >= 11 is 0. The highest BCUT2D eigenvalue weighted by atomic mass is 16.5. The molecule has 0 spiro atoms. The Labute approximate surface area is 316 Å². The Hall–Kier alpha value is -5.33. The molecule has 1 amide bonds. The number of fused-ring (bicyclic) bond motifs is 1. The second kappa shape index (κ2) is 18.1. The molecule has 1 atom stereocenters. The van der Waals surface area contributed by atoms with Gasteiger partial charge in [-0.2, -0.15) is 0 Å². The van der Waals surface area contributed by atoms with Crippen LogP contribution in [0.25, 0.3) is 11.0 Å². The lowest BCUT2D eigenvalue weighted by atomic mass is 9.90. The fourth-order valence-corrected chi connectivity index (χ4v) is 7.23. The van der Waals surface area contributed by atoms with Crippen LogP contribution in [0.1, 0.15) is 57.5 Å². The van der Waals surface area contributed by atoms with Gasteiger partial charge in [-0.1, -0.05) is 24.3 Å². The van der Waals surface area contributed by atoms with Gasteiger partial charge in [0.15, 0.2) is 17.3 Å². The van der Waals surface area contributed by atoms with Crippen molar-refractivity contribution in [3.05, 3.63) is 102 Å². The van der Waals surface area contributed by atoms with Crippen LogP contribution in [0, 0.1) is 5.92 Å². The number of carbonyl (C=O) groups is 2. The molecule has 54 heavy (non-hydrogen) atoms. The number of piperidine rings is 1. The lowest BCUT2D eigenvalue weighted by molar-refractivity contribution is 0.0778. The molecule has 12 heteroatoms. The van der Waals surface area contributed by atoms with Crippen molar-refractivity contribution in [2.45, 2.75) is 38.3 Å². The fourth-order valence-electron chi connectivity index (χ4n) is 7.23. The van der Waals surface area contributed by atoms with Gasteiger partial charge in [-0.25, -0.2) is 4.98 Å². The minimum atomic E-state index is -0.151.